The highest BCUT2D eigenvalue weighted by molar-refractivity contribution is 5.66. The molecule has 7 heteroatoms. The molecule has 1 spiro atoms. The SMILES string of the molecule is CC(=O)O[C@H]1CC[C@]2(C)[C@@H]3CC[C@]4(C)[C@@H]5[C@@H](C)[C@@]6(CC[C@@H](C)CO6)O[C@@H]5C[C@@H]4[C@H]3C[C@H](OC(C)=O)[C@@]2(O)C1. The first kappa shape index (κ1) is 27.0. The van der Waals surface area contributed by atoms with E-state index in [0.29, 0.717) is 48.3 Å². The third-order valence-corrected chi connectivity index (χ3v) is 12.7. The van der Waals surface area contributed by atoms with Gasteiger partial charge in [0.1, 0.15) is 17.8 Å². The molecule has 7 nitrogen and oxygen atoms in total. The second-order valence-corrected chi connectivity index (χ2v) is 14.5. The maximum absolute atomic E-state index is 12.4. The van der Waals surface area contributed by atoms with E-state index in [0.717, 1.165) is 51.6 Å². The van der Waals surface area contributed by atoms with Crippen LogP contribution in [0.4, 0.5) is 0 Å². The lowest BCUT2D eigenvalue weighted by atomic mass is 9.42. The molecule has 0 aromatic heterocycles. The minimum absolute atomic E-state index is 0.142. The van der Waals surface area contributed by atoms with Gasteiger partial charge in [0.25, 0.3) is 0 Å². The van der Waals surface area contributed by atoms with Crippen LogP contribution >= 0.6 is 0 Å². The van der Waals surface area contributed by atoms with Crippen LogP contribution in [0.3, 0.4) is 0 Å². The van der Waals surface area contributed by atoms with Crippen LogP contribution in [0.5, 0.6) is 0 Å². The molecule has 6 rings (SSSR count). The number of fused-ring (bicyclic) bond motifs is 7. The van der Waals surface area contributed by atoms with Gasteiger partial charge in [-0.25, -0.2) is 0 Å². The van der Waals surface area contributed by atoms with Crippen LogP contribution in [0.25, 0.3) is 0 Å². The average Bonchev–Trinajstić information content (AvgIpc) is 3.27. The van der Waals surface area contributed by atoms with Crippen molar-refractivity contribution >= 4 is 11.9 Å². The van der Waals surface area contributed by atoms with Gasteiger partial charge in [0.2, 0.25) is 0 Å². The van der Waals surface area contributed by atoms with Crippen molar-refractivity contribution in [2.75, 3.05) is 6.61 Å². The molecule has 38 heavy (non-hydrogen) atoms. The molecule has 0 unspecified atom stereocenters. The number of aliphatic hydroxyl groups is 1. The lowest BCUT2D eigenvalue weighted by molar-refractivity contribution is -0.281. The first-order valence-corrected chi connectivity index (χ1v) is 15.2. The first-order valence-electron chi connectivity index (χ1n) is 15.2. The summed E-state index contributed by atoms with van der Waals surface area (Å²) in [5.74, 6) is 1.45. The number of hydrogen-bond donors (Lipinski definition) is 1. The second kappa shape index (κ2) is 8.91. The van der Waals surface area contributed by atoms with E-state index >= 15 is 0 Å². The van der Waals surface area contributed by atoms with E-state index in [1.807, 2.05) is 0 Å². The quantitative estimate of drug-likeness (QED) is 0.499. The van der Waals surface area contributed by atoms with Crippen LogP contribution in [-0.2, 0) is 28.5 Å². The topological polar surface area (TPSA) is 91.3 Å². The number of hydrogen-bond acceptors (Lipinski definition) is 7. The van der Waals surface area contributed by atoms with Gasteiger partial charge in [0, 0.05) is 38.0 Å². The van der Waals surface area contributed by atoms with E-state index < -0.39 is 22.9 Å². The Bertz CT molecular complexity index is 973. The molecule has 0 aromatic rings. The van der Waals surface area contributed by atoms with Gasteiger partial charge in [-0.3, -0.25) is 9.59 Å². The monoisotopic (exact) mass is 532 g/mol. The van der Waals surface area contributed by atoms with Crippen molar-refractivity contribution in [3.8, 4) is 0 Å². The van der Waals surface area contributed by atoms with Gasteiger partial charge in [-0.1, -0.05) is 27.7 Å². The predicted molar refractivity (Wildman–Crippen MR) is 140 cm³/mol. The van der Waals surface area contributed by atoms with E-state index in [-0.39, 0.29) is 29.6 Å². The average molecular weight is 533 g/mol. The van der Waals surface area contributed by atoms with Crippen LogP contribution in [0.15, 0.2) is 0 Å². The van der Waals surface area contributed by atoms with Crippen molar-refractivity contribution in [1.82, 2.24) is 0 Å². The molecular formula is C31H48O7. The molecule has 4 aliphatic carbocycles. The highest BCUT2D eigenvalue weighted by Gasteiger charge is 2.72. The molecule has 214 valence electrons. The lowest BCUT2D eigenvalue weighted by Crippen LogP contribution is -2.69. The molecule has 0 radical (unpaired) electrons. The third-order valence-electron chi connectivity index (χ3n) is 12.7. The molecule has 4 saturated carbocycles. The minimum Gasteiger partial charge on any atom is -0.462 e. The molecule has 6 aliphatic rings. The summed E-state index contributed by atoms with van der Waals surface area (Å²) in [5, 5.41) is 12.4. The molecule has 0 aromatic carbocycles. The van der Waals surface area contributed by atoms with Gasteiger partial charge in [-0.15, -0.1) is 0 Å². The standard InChI is InChI=1S/C31H48O7/c1-17-7-12-31(35-16-17)18(2)27-25(38-31)14-24-22-13-26(37-20(4)33)30(34)15-21(36-19(3)32)8-11-29(30,6)23(22)9-10-28(24,27)5/h17-18,21-27,34H,7-16H2,1-6H3/t17-,18-,21+,22+,23-,24-,25-,26+,27-,28+,29-,30+,31-/m1/s1. The molecule has 0 amide bonds. The van der Waals surface area contributed by atoms with Gasteiger partial charge in [-0.2, -0.15) is 0 Å². The molecule has 2 aliphatic heterocycles. The number of carbonyl (C=O) groups is 2. The van der Waals surface area contributed by atoms with Crippen LogP contribution in [-0.4, -0.2) is 53.4 Å². The third kappa shape index (κ3) is 3.69. The number of rotatable bonds is 2. The lowest BCUT2D eigenvalue weighted by Gasteiger charge is -2.65. The summed E-state index contributed by atoms with van der Waals surface area (Å²) >= 11 is 0. The van der Waals surface area contributed by atoms with Crippen LogP contribution in [0.1, 0.15) is 99.3 Å². The zero-order valence-electron chi connectivity index (χ0n) is 24.2. The van der Waals surface area contributed by atoms with Crippen molar-refractivity contribution < 1.29 is 33.6 Å². The largest absolute Gasteiger partial charge is 0.462 e. The Kier molecular flexibility index (Phi) is 6.33. The maximum Gasteiger partial charge on any atom is 0.303 e. The number of carbonyl (C=O) groups excluding carboxylic acids is 2. The Labute approximate surface area is 227 Å². The molecule has 6 fully saturated rings. The fourth-order valence-corrected chi connectivity index (χ4v) is 10.9. The van der Waals surface area contributed by atoms with Crippen molar-refractivity contribution in [1.29, 1.82) is 0 Å². The Balaban J connectivity index is 1.30. The molecule has 0 bridgehead atoms. The minimum atomic E-state index is -1.21. The fourth-order valence-electron chi connectivity index (χ4n) is 10.9. The zero-order valence-corrected chi connectivity index (χ0v) is 24.2. The summed E-state index contributed by atoms with van der Waals surface area (Å²) in [6.45, 7) is 13.0. The predicted octanol–water partition coefficient (Wildman–Crippen LogP) is 5.02. The van der Waals surface area contributed by atoms with Crippen LogP contribution < -0.4 is 0 Å². The van der Waals surface area contributed by atoms with Crippen molar-refractivity contribution in [2.24, 2.45) is 46.3 Å². The van der Waals surface area contributed by atoms with Crippen molar-refractivity contribution in [3.63, 3.8) is 0 Å². The van der Waals surface area contributed by atoms with E-state index in [9.17, 15) is 14.7 Å². The Hall–Kier alpha value is -1.18. The van der Waals surface area contributed by atoms with Gasteiger partial charge in [0.15, 0.2) is 5.79 Å². The second-order valence-electron chi connectivity index (χ2n) is 14.5. The molecule has 1 N–H and O–H groups in total. The number of ether oxygens (including phenoxy) is 4. The van der Waals surface area contributed by atoms with Gasteiger partial charge >= 0.3 is 11.9 Å². The highest BCUT2D eigenvalue weighted by Crippen LogP contribution is 2.72. The molecular weight excluding hydrogens is 484 g/mol. The summed E-state index contributed by atoms with van der Waals surface area (Å²) in [6.07, 6.45) is 7.09. The summed E-state index contributed by atoms with van der Waals surface area (Å²) < 4.78 is 24.9. The van der Waals surface area contributed by atoms with Gasteiger partial charge in [-0.05, 0) is 80.0 Å². The first-order chi connectivity index (χ1) is 17.8. The van der Waals surface area contributed by atoms with E-state index in [1.54, 1.807) is 0 Å². The Morgan fingerprint density at radius 2 is 1.66 bits per heavy atom. The molecule has 13 atom stereocenters. The highest BCUT2D eigenvalue weighted by atomic mass is 16.7. The van der Waals surface area contributed by atoms with Crippen molar-refractivity contribution in [3.05, 3.63) is 0 Å². The zero-order chi connectivity index (χ0) is 27.3. The van der Waals surface area contributed by atoms with E-state index in [1.165, 1.54) is 13.8 Å². The van der Waals surface area contributed by atoms with Crippen LogP contribution in [0.2, 0.25) is 0 Å². The Morgan fingerprint density at radius 1 is 0.921 bits per heavy atom. The van der Waals surface area contributed by atoms with Crippen molar-refractivity contribution in [2.45, 2.75) is 129 Å². The van der Waals surface area contributed by atoms with Gasteiger partial charge < -0.3 is 24.1 Å². The molecule has 2 saturated heterocycles. The fraction of sp³-hybridized carbons (Fsp3) is 0.935. The summed E-state index contributed by atoms with van der Waals surface area (Å²) in [6, 6.07) is 0. The van der Waals surface area contributed by atoms with E-state index in [4.69, 9.17) is 18.9 Å². The Morgan fingerprint density at radius 3 is 2.32 bits per heavy atom. The summed E-state index contributed by atoms with van der Waals surface area (Å²) in [5.41, 5.74) is -1.47. The smallest absolute Gasteiger partial charge is 0.303 e. The van der Waals surface area contributed by atoms with Crippen LogP contribution in [0, 0.1) is 46.3 Å². The normalized spacial score (nSPS) is 55.4. The number of esters is 2. The van der Waals surface area contributed by atoms with E-state index in [2.05, 4.69) is 27.7 Å². The summed E-state index contributed by atoms with van der Waals surface area (Å²) in [7, 11) is 0. The maximum atomic E-state index is 12.4. The summed E-state index contributed by atoms with van der Waals surface area (Å²) in [4.78, 5) is 24.0. The van der Waals surface area contributed by atoms with Gasteiger partial charge in [0.05, 0.1) is 12.7 Å². The molecule has 2 heterocycles.